The molecule has 1 heterocycles. The Labute approximate surface area is 217 Å². The van der Waals surface area contributed by atoms with Crippen molar-refractivity contribution in [3.8, 4) is 0 Å². The molecule has 0 aliphatic carbocycles. The van der Waals surface area contributed by atoms with E-state index < -0.39 is 0 Å². The summed E-state index contributed by atoms with van der Waals surface area (Å²) in [6.07, 6.45) is 8.55. The van der Waals surface area contributed by atoms with Gasteiger partial charge in [-0.15, -0.1) is 0 Å². The highest BCUT2D eigenvalue weighted by atomic mass is 35.5. The van der Waals surface area contributed by atoms with Gasteiger partial charge < -0.3 is 20.3 Å². The number of aldehydes is 1. The van der Waals surface area contributed by atoms with E-state index in [9.17, 15) is 4.79 Å². The topological polar surface area (TPSA) is 49.6 Å². The van der Waals surface area contributed by atoms with Gasteiger partial charge in [0.05, 0.1) is 6.04 Å². The SMILES string of the molecule is CC(C)=CCN(c1ccc(CCc2ccc(Cl)cc2)cc1)C1CCN(CCC(C)C(N)C=O)CC1. The molecule has 4 nitrogen and oxygen atoms in total. The van der Waals surface area contributed by atoms with E-state index in [0.29, 0.717) is 6.04 Å². The molecule has 35 heavy (non-hydrogen) atoms. The Hall–Kier alpha value is -2.14. The van der Waals surface area contributed by atoms with Crippen molar-refractivity contribution in [2.45, 2.75) is 65.0 Å². The van der Waals surface area contributed by atoms with Gasteiger partial charge in [0.1, 0.15) is 6.29 Å². The molecular formula is C30H42ClN3O. The number of nitrogens with two attached hydrogens (primary N) is 1. The van der Waals surface area contributed by atoms with Crippen LogP contribution in [0.1, 0.15) is 51.2 Å². The van der Waals surface area contributed by atoms with Crippen LogP contribution < -0.4 is 10.6 Å². The first kappa shape index (κ1) is 27.4. The third-order valence-electron chi connectivity index (χ3n) is 7.29. The number of allylic oxidation sites excluding steroid dienone is 1. The summed E-state index contributed by atoms with van der Waals surface area (Å²) in [6.45, 7) is 10.6. The lowest BCUT2D eigenvalue weighted by Gasteiger charge is -2.40. The minimum atomic E-state index is -0.346. The summed E-state index contributed by atoms with van der Waals surface area (Å²) in [7, 11) is 0. The molecule has 1 aliphatic rings. The van der Waals surface area contributed by atoms with Crippen LogP contribution in [0.4, 0.5) is 5.69 Å². The molecule has 0 amide bonds. The molecule has 1 fully saturated rings. The normalized spacial score (nSPS) is 16.5. The second kappa shape index (κ2) is 13.8. The van der Waals surface area contributed by atoms with E-state index in [1.165, 1.54) is 22.4 Å². The van der Waals surface area contributed by atoms with Crippen molar-refractivity contribution in [3.63, 3.8) is 0 Å². The molecular weight excluding hydrogens is 454 g/mol. The summed E-state index contributed by atoms with van der Waals surface area (Å²) in [5.41, 5.74) is 11.2. The Bertz CT molecular complexity index is 929. The van der Waals surface area contributed by atoms with Crippen molar-refractivity contribution in [2.75, 3.05) is 31.1 Å². The second-order valence-corrected chi connectivity index (χ2v) is 10.7. The highest BCUT2D eigenvalue weighted by Crippen LogP contribution is 2.25. The van der Waals surface area contributed by atoms with Crippen LogP contribution in [0.25, 0.3) is 0 Å². The molecule has 0 spiro atoms. The lowest BCUT2D eigenvalue weighted by atomic mass is 9.97. The number of carbonyl (C=O) groups is 1. The highest BCUT2D eigenvalue weighted by molar-refractivity contribution is 6.30. The predicted octanol–water partition coefficient (Wildman–Crippen LogP) is 5.91. The van der Waals surface area contributed by atoms with Gasteiger partial charge in [0.2, 0.25) is 0 Å². The highest BCUT2D eigenvalue weighted by Gasteiger charge is 2.25. The number of hydrogen-bond donors (Lipinski definition) is 1. The van der Waals surface area contributed by atoms with E-state index in [0.717, 1.165) is 69.6 Å². The fourth-order valence-corrected chi connectivity index (χ4v) is 4.83. The summed E-state index contributed by atoms with van der Waals surface area (Å²) >= 11 is 6.01. The summed E-state index contributed by atoms with van der Waals surface area (Å²) in [6, 6.07) is 17.5. The van der Waals surface area contributed by atoms with E-state index in [4.69, 9.17) is 17.3 Å². The van der Waals surface area contributed by atoms with Gasteiger partial charge in [0.25, 0.3) is 0 Å². The first-order valence-electron chi connectivity index (χ1n) is 13.0. The average molecular weight is 496 g/mol. The Morgan fingerprint density at radius 3 is 2.17 bits per heavy atom. The molecule has 2 N–H and O–H groups in total. The van der Waals surface area contributed by atoms with Crippen LogP contribution in [0.5, 0.6) is 0 Å². The van der Waals surface area contributed by atoms with E-state index >= 15 is 0 Å². The van der Waals surface area contributed by atoms with Gasteiger partial charge in [0.15, 0.2) is 0 Å². The van der Waals surface area contributed by atoms with Crippen LogP contribution >= 0.6 is 11.6 Å². The van der Waals surface area contributed by atoms with Gasteiger partial charge >= 0.3 is 0 Å². The molecule has 3 rings (SSSR count). The number of hydrogen-bond acceptors (Lipinski definition) is 4. The molecule has 5 heteroatoms. The van der Waals surface area contributed by atoms with Crippen molar-refractivity contribution in [3.05, 3.63) is 76.3 Å². The fraction of sp³-hybridized carbons (Fsp3) is 0.500. The van der Waals surface area contributed by atoms with Crippen molar-refractivity contribution in [1.29, 1.82) is 0 Å². The van der Waals surface area contributed by atoms with Crippen LogP contribution in [0.2, 0.25) is 5.02 Å². The molecule has 0 aromatic heterocycles. The number of halogens is 1. The molecule has 0 radical (unpaired) electrons. The molecule has 1 saturated heterocycles. The minimum Gasteiger partial charge on any atom is -0.365 e. The molecule has 0 saturated carbocycles. The molecule has 190 valence electrons. The number of carbonyl (C=O) groups excluding carboxylic acids is 1. The van der Waals surface area contributed by atoms with Crippen LogP contribution in [-0.4, -0.2) is 49.4 Å². The van der Waals surface area contributed by atoms with Gasteiger partial charge in [-0.2, -0.15) is 0 Å². The predicted molar refractivity (Wildman–Crippen MR) is 149 cm³/mol. The van der Waals surface area contributed by atoms with E-state index in [-0.39, 0.29) is 12.0 Å². The maximum atomic E-state index is 10.9. The van der Waals surface area contributed by atoms with Gasteiger partial charge in [-0.1, -0.05) is 54.4 Å². The maximum absolute atomic E-state index is 10.9. The monoisotopic (exact) mass is 495 g/mol. The molecule has 2 unspecified atom stereocenters. The van der Waals surface area contributed by atoms with E-state index in [1.54, 1.807) is 0 Å². The van der Waals surface area contributed by atoms with Gasteiger partial charge in [-0.05, 0) is 93.8 Å². The smallest absolute Gasteiger partial charge is 0.136 e. The number of likely N-dealkylation sites (tertiary alicyclic amines) is 1. The Balaban J connectivity index is 1.58. The van der Waals surface area contributed by atoms with Crippen molar-refractivity contribution in [1.82, 2.24) is 4.90 Å². The minimum absolute atomic E-state index is 0.234. The Morgan fingerprint density at radius 2 is 1.63 bits per heavy atom. The number of anilines is 1. The summed E-state index contributed by atoms with van der Waals surface area (Å²) in [5.74, 6) is 0.234. The molecule has 1 aliphatic heterocycles. The number of benzene rings is 2. The number of piperidine rings is 1. The first-order valence-corrected chi connectivity index (χ1v) is 13.4. The van der Waals surface area contributed by atoms with Crippen LogP contribution in [0.15, 0.2) is 60.2 Å². The average Bonchev–Trinajstić information content (AvgIpc) is 2.87. The van der Waals surface area contributed by atoms with Crippen molar-refractivity contribution >= 4 is 23.6 Å². The third kappa shape index (κ3) is 8.79. The standard InChI is InChI=1S/C30H42ClN3O/c1-23(2)14-21-34(29-16-19-33(20-17-29)18-15-24(3)30(32)22-35)28-12-8-26(9-13-28)5-4-25-6-10-27(31)11-7-25/h6-14,22,24,29-30H,4-5,15-21,32H2,1-3H3. The fourth-order valence-electron chi connectivity index (χ4n) is 4.71. The van der Waals surface area contributed by atoms with Crippen LogP contribution in [0.3, 0.4) is 0 Å². The van der Waals surface area contributed by atoms with Crippen LogP contribution in [0, 0.1) is 5.92 Å². The lowest BCUT2D eigenvalue weighted by Crippen LogP contribution is -2.46. The van der Waals surface area contributed by atoms with Gasteiger partial charge in [0, 0.05) is 36.4 Å². The molecule has 2 aromatic rings. The van der Waals surface area contributed by atoms with Gasteiger partial charge in [-0.3, -0.25) is 0 Å². The molecule has 2 aromatic carbocycles. The second-order valence-electron chi connectivity index (χ2n) is 10.3. The maximum Gasteiger partial charge on any atom is 0.136 e. The summed E-state index contributed by atoms with van der Waals surface area (Å²) in [4.78, 5) is 16.1. The number of aryl methyl sites for hydroxylation is 2. The van der Waals surface area contributed by atoms with E-state index in [1.807, 2.05) is 12.1 Å². The van der Waals surface area contributed by atoms with Gasteiger partial charge in [-0.25, -0.2) is 0 Å². The first-order chi connectivity index (χ1) is 16.9. The zero-order valence-corrected chi connectivity index (χ0v) is 22.4. The van der Waals surface area contributed by atoms with E-state index in [2.05, 4.69) is 73.0 Å². The lowest BCUT2D eigenvalue weighted by molar-refractivity contribution is -0.109. The zero-order chi connectivity index (χ0) is 25.2. The molecule has 0 bridgehead atoms. The Morgan fingerprint density at radius 1 is 1.06 bits per heavy atom. The summed E-state index contributed by atoms with van der Waals surface area (Å²) in [5, 5.41) is 0.789. The number of nitrogens with zero attached hydrogens (tertiary/aromatic N) is 2. The zero-order valence-electron chi connectivity index (χ0n) is 21.6. The third-order valence-corrected chi connectivity index (χ3v) is 7.54. The summed E-state index contributed by atoms with van der Waals surface area (Å²) < 4.78 is 0. The largest absolute Gasteiger partial charge is 0.365 e. The quantitative estimate of drug-likeness (QED) is 0.293. The molecule has 2 atom stereocenters. The van der Waals surface area contributed by atoms with Crippen molar-refractivity contribution in [2.24, 2.45) is 11.7 Å². The van der Waals surface area contributed by atoms with Crippen molar-refractivity contribution < 1.29 is 4.79 Å². The number of rotatable bonds is 12. The van der Waals surface area contributed by atoms with Crippen LogP contribution in [-0.2, 0) is 17.6 Å². The Kier molecular flexibility index (Phi) is 10.8.